The van der Waals surface area contributed by atoms with Crippen molar-refractivity contribution in [2.45, 2.75) is 44.2 Å². The largest absolute Gasteiger partial charge is 0.508 e. The Hall–Kier alpha value is -2.95. The summed E-state index contributed by atoms with van der Waals surface area (Å²) < 4.78 is 22.8. The Bertz CT molecular complexity index is 1000. The number of H-pyrrole nitrogens is 1. The molecule has 154 valence electrons. The molecule has 3 heterocycles. The number of nitrogens with one attached hydrogen (secondary N) is 1. The summed E-state index contributed by atoms with van der Waals surface area (Å²) in [7, 11) is 0. The zero-order valence-electron chi connectivity index (χ0n) is 15.5. The summed E-state index contributed by atoms with van der Waals surface area (Å²) >= 11 is 0. The minimum Gasteiger partial charge on any atom is -0.430 e. The van der Waals surface area contributed by atoms with Gasteiger partial charge in [0.05, 0.1) is 6.61 Å². The second-order valence-electron chi connectivity index (χ2n) is 6.94. The number of aromatic amines is 1. The van der Waals surface area contributed by atoms with Gasteiger partial charge in [0.25, 0.3) is 5.56 Å². The lowest BCUT2D eigenvalue weighted by atomic mass is 10.1. The van der Waals surface area contributed by atoms with Gasteiger partial charge in [0.2, 0.25) is 0 Å². The minimum atomic E-state index is -1.26. The van der Waals surface area contributed by atoms with E-state index in [-0.39, 0.29) is 18.8 Å². The predicted molar refractivity (Wildman–Crippen MR) is 97.2 cm³/mol. The van der Waals surface area contributed by atoms with Crippen molar-refractivity contribution in [3.63, 3.8) is 0 Å². The van der Waals surface area contributed by atoms with Gasteiger partial charge in [-0.25, -0.2) is 9.59 Å². The third kappa shape index (κ3) is 3.82. The number of cyclic esters (lactones) is 2. The van der Waals surface area contributed by atoms with E-state index < -0.39 is 48.0 Å². The molecule has 0 saturated carbocycles. The Labute approximate surface area is 164 Å². The normalized spacial score (nSPS) is 28.9. The number of aromatic nitrogens is 2. The van der Waals surface area contributed by atoms with E-state index in [1.807, 2.05) is 30.3 Å². The number of aryl methyl sites for hydroxylation is 1. The maximum atomic E-state index is 12.3. The average Bonchev–Trinajstić information content (AvgIpc) is 3.27. The van der Waals surface area contributed by atoms with Crippen LogP contribution in [0, 0.1) is 6.92 Å². The van der Waals surface area contributed by atoms with E-state index in [1.165, 1.54) is 13.1 Å². The van der Waals surface area contributed by atoms with Crippen LogP contribution in [0.2, 0.25) is 0 Å². The number of benzene rings is 1. The number of carbonyl (C=O) groups is 1. The van der Waals surface area contributed by atoms with Crippen LogP contribution in [-0.4, -0.2) is 51.8 Å². The Balaban J connectivity index is 1.62. The zero-order chi connectivity index (χ0) is 20.5. The van der Waals surface area contributed by atoms with Gasteiger partial charge in [-0.3, -0.25) is 14.3 Å². The molecule has 0 spiro atoms. The van der Waals surface area contributed by atoms with Crippen LogP contribution in [0.1, 0.15) is 17.4 Å². The maximum absolute atomic E-state index is 12.3. The summed E-state index contributed by atoms with van der Waals surface area (Å²) in [6, 6.07) is 9.31. The Morgan fingerprint density at radius 2 is 2.00 bits per heavy atom. The summed E-state index contributed by atoms with van der Waals surface area (Å²) in [4.78, 5) is 37.5. The van der Waals surface area contributed by atoms with Crippen LogP contribution in [0.5, 0.6) is 0 Å². The monoisotopic (exact) mass is 404 g/mol. The van der Waals surface area contributed by atoms with Gasteiger partial charge >= 0.3 is 11.8 Å². The topological polar surface area (TPSA) is 129 Å². The predicted octanol–water partition coefficient (Wildman–Crippen LogP) is 0.224. The smallest absolute Gasteiger partial charge is 0.430 e. The lowest BCUT2D eigenvalue weighted by Gasteiger charge is -2.23. The van der Waals surface area contributed by atoms with Crippen molar-refractivity contribution in [3.05, 3.63) is 68.5 Å². The molecule has 0 amide bonds. The van der Waals surface area contributed by atoms with Crippen LogP contribution < -0.4 is 11.2 Å². The number of hydrogen-bond acceptors (Lipinski definition) is 8. The van der Waals surface area contributed by atoms with Crippen molar-refractivity contribution < 1.29 is 28.8 Å². The molecule has 4 rings (SSSR count). The molecule has 2 saturated heterocycles. The van der Waals surface area contributed by atoms with Crippen LogP contribution in [-0.2, 0) is 25.6 Å². The molecule has 0 aliphatic carbocycles. The number of rotatable bonds is 5. The van der Waals surface area contributed by atoms with Crippen molar-refractivity contribution in [3.8, 4) is 0 Å². The first kappa shape index (κ1) is 19.4. The van der Waals surface area contributed by atoms with Crippen molar-refractivity contribution in [1.82, 2.24) is 9.55 Å². The molecule has 0 radical (unpaired) electrons. The first-order valence-corrected chi connectivity index (χ1v) is 9.08. The summed E-state index contributed by atoms with van der Waals surface area (Å²) in [6.45, 7) is 1.65. The van der Waals surface area contributed by atoms with Crippen molar-refractivity contribution in [2.24, 2.45) is 0 Å². The fraction of sp³-hybridized carbons (Fsp3) is 0.421. The number of aliphatic hydroxyl groups excluding tert-OH is 1. The molecule has 2 aliphatic rings. The van der Waals surface area contributed by atoms with E-state index in [0.29, 0.717) is 0 Å². The molecule has 2 aliphatic heterocycles. The third-order valence-electron chi connectivity index (χ3n) is 4.93. The van der Waals surface area contributed by atoms with Crippen LogP contribution in [0.3, 0.4) is 0 Å². The zero-order valence-corrected chi connectivity index (χ0v) is 15.5. The fourth-order valence-electron chi connectivity index (χ4n) is 3.44. The highest BCUT2D eigenvalue weighted by Gasteiger charge is 2.52. The van der Waals surface area contributed by atoms with E-state index >= 15 is 0 Å². The molecule has 0 unspecified atom stereocenters. The first-order valence-electron chi connectivity index (χ1n) is 9.08. The number of aliphatic hydroxyl groups is 1. The SMILES string of the molecule is Cc1cn([C@@H]2O[C@H]([C@H]3COC(=O)O3)[C@H](OCc3ccccc3)[C@H]2O)c(=O)[nH]c1=O. The highest BCUT2D eigenvalue weighted by atomic mass is 16.8. The van der Waals surface area contributed by atoms with Gasteiger partial charge in [0.15, 0.2) is 12.3 Å². The molecule has 10 nitrogen and oxygen atoms in total. The van der Waals surface area contributed by atoms with Crippen LogP contribution in [0.15, 0.2) is 46.1 Å². The second-order valence-corrected chi connectivity index (χ2v) is 6.94. The fourth-order valence-corrected chi connectivity index (χ4v) is 3.44. The van der Waals surface area contributed by atoms with Gasteiger partial charge in [-0.2, -0.15) is 0 Å². The molecule has 2 N–H and O–H groups in total. The minimum absolute atomic E-state index is 0.0618. The third-order valence-corrected chi connectivity index (χ3v) is 4.93. The first-order chi connectivity index (χ1) is 13.9. The second kappa shape index (κ2) is 7.82. The van der Waals surface area contributed by atoms with Crippen LogP contribution in [0.4, 0.5) is 4.79 Å². The number of carbonyl (C=O) groups excluding carboxylic acids is 1. The summed E-state index contributed by atoms with van der Waals surface area (Å²) in [5.41, 5.74) is -0.100. The maximum Gasteiger partial charge on any atom is 0.508 e. The van der Waals surface area contributed by atoms with Crippen LogP contribution in [0.25, 0.3) is 0 Å². The van der Waals surface area contributed by atoms with E-state index in [0.717, 1.165) is 10.1 Å². The number of hydrogen-bond donors (Lipinski definition) is 2. The highest BCUT2D eigenvalue weighted by molar-refractivity contribution is 5.62. The summed E-state index contributed by atoms with van der Waals surface area (Å²) in [5, 5.41) is 10.9. The number of nitrogens with zero attached hydrogens (tertiary/aromatic N) is 1. The van der Waals surface area contributed by atoms with Gasteiger partial charge < -0.3 is 24.1 Å². The van der Waals surface area contributed by atoms with E-state index in [1.54, 1.807) is 0 Å². The van der Waals surface area contributed by atoms with E-state index in [2.05, 4.69) is 4.98 Å². The van der Waals surface area contributed by atoms with E-state index in [4.69, 9.17) is 18.9 Å². The van der Waals surface area contributed by atoms with Gasteiger partial charge in [-0.05, 0) is 12.5 Å². The van der Waals surface area contributed by atoms with Gasteiger partial charge in [0.1, 0.15) is 24.9 Å². The van der Waals surface area contributed by atoms with Gasteiger partial charge in [-0.1, -0.05) is 30.3 Å². The number of ether oxygens (including phenoxy) is 4. The molecule has 2 fully saturated rings. The van der Waals surface area contributed by atoms with Crippen molar-refractivity contribution >= 4 is 6.16 Å². The molecule has 5 atom stereocenters. The highest BCUT2D eigenvalue weighted by Crippen LogP contribution is 2.35. The van der Waals surface area contributed by atoms with Crippen molar-refractivity contribution in [1.29, 1.82) is 0 Å². The summed E-state index contributed by atoms with van der Waals surface area (Å²) in [6.07, 6.45) is -4.50. The molecule has 1 aromatic carbocycles. The average molecular weight is 404 g/mol. The molecular formula is C19H20N2O8. The summed E-state index contributed by atoms with van der Waals surface area (Å²) in [5.74, 6) is 0. The van der Waals surface area contributed by atoms with Gasteiger partial charge in [0, 0.05) is 11.8 Å². The molecule has 2 aromatic rings. The quantitative estimate of drug-likeness (QED) is 0.678. The van der Waals surface area contributed by atoms with Crippen molar-refractivity contribution in [2.75, 3.05) is 6.61 Å². The standard InChI is InChI=1S/C19H20N2O8/c1-10-7-21(18(24)20-16(10)23)17-13(22)15(26-8-11-5-3-2-4-6-11)14(29-17)12-9-27-19(25)28-12/h2-7,12-15,17,22H,8-9H2,1H3,(H,20,23,24)/t12-,13-,14-,15-,17-/m1/s1. The molecular weight excluding hydrogens is 384 g/mol. The molecule has 1 aromatic heterocycles. The van der Waals surface area contributed by atoms with Gasteiger partial charge in [-0.15, -0.1) is 0 Å². The molecule has 29 heavy (non-hydrogen) atoms. The van der Waals surface area contributed by atoms with E-state index in [9.17, 15) is 19.5 Å². The molecule has 10 heteroatoms. The Morgan fingerprint density at radius 1 is 1.24 bits per heavy atom. The lowest BCUT2D eigenvalue weighted by Crippen LogP contribution is -2.42. The molecule has 0 bridgehead atoms. The Morgan fingerprint density at radius 3 is 2.69 bits per heavy atom. The van der Waals surface area contributed by atoms with Crippen LogP contribution >= 0.6 is 0 Å². The lowest BCUT2D eigenvalue weighted by molar-refractivity contribution is -0.0908. The Kier molecular flexibility index (Phi) is 5.22.